The Bertz CT molecular complexity index is 676. The molecule has 1 aromatic carbocycles. The van der Waals surface area contributed by atoms with Gasteiger partial charge < -0.3 is 9.13 Å². The molecule has 1 aromatic heterocycles. The summed E-state index contributed by atoms with van der Waals surface area (Å²) < 4.78 is 16.2. The highest BCUT2D eigenvalue weighted by molar-refractivity contribution is 7.65. The zero-order chi connectivity index (χ0) is 17.1. The molecule has 2 atom stereocenters. The lowest BCUT2D eigenvalue weighted by atomic mass is 10.2. The minimum absolute atomic E-state index is 0. The molecule has 2 aromatic rings. The molecule has 3 nitrogen and oxygen atoms in total. The van der Waals surface area contributed by atoms with Gasteiger partial charge in [-0.1, -0.05) is 64.4 Å². The maximum absolute atomic E-state index is 14.3. The summed E-state index contributed by atoms with van der Waals surface area (Å²) in [7, 11) is -0.565. The normalized spacial score (nSPS) is 15.4. The standard InChI is InChI=1S/C19H29N2OP.ClH/c1-6-10-18(17-13-21(5)15-20-17)23(22,19(2,3)4)14-16-11-8-7-9-12-16;/h7-9,11-13,15,18H,6,10,14H2,1-5H3;1H. The Morgan fingerprint density at radius 3 is 2.29 bits per heavy atom. The van der Waals surface area contributed by atoms with E-state index in [4.69, 9.17) is 0 Å². The van der Waals surface area contributed by atoms with Crippen LogP contribution in [-0.4, -0.2) is 14.7 Å². The van der Waals surface area contributed by atoms with E-state index in [0.29, 0.717) is 6.16 Å². The van der Waals surface area contributed by atoms with Gasteiger partial charge in [-0.15, -0.1) is 12.4 Å². The molecule has 0 aliphatic heterocycles. The van der Waals surface area contributed by atoms with Crippen molar-refractivity contribution in [2.24, 2.45) is 7.05 Å². The number of imidazole rings is 1. The van der Waals surface area contributed by atoms with E-state index in [1.807, 2.05) is 42.3 Å². The topological polar surface area (TPSA) is 34.9 Å². The van der Waals surface area contributed by atoms with Crippen LogP contribution in [0.15, 0.2) is 42.9 Å². The third kappa shape index (κ3) is 4.52. The Morgan fingerprint density at radius 2 is 1.83 bits per heavy atom. The lowest BCUT2D eigenvalue weighted by Crippen LogP contribution is -2.21. The predicted octanol–water partition coefficient (Wildman–Crippen LogP) is 6.04. The molecule has 0 radical (unpaired) electrons. The van der Waals surface area contributed by atoms with Crippen molar-refractivity contribution in [2.75, 3.05) is 0 Å². The van der Waals surface area contributed by atoms with Crippen LogP contribution in [0.25, 0.3) is 0 Å². The largest absolute Gasteiger partial charge is 0.340 e. The molecular formula is C19H30ClN2OP. The summed E-state index contributed by atoms with van der Waals surface area (Å²) in [6.07, 6.45) is 6.41. The summed E-state index contributed by atoms with van der Waals surface area (Å²) in [5, 5.41) is -0.250. The highest BCUT2D eigenvalue weighted by Crippen LogP contribution is 2.70. The first-order chi connectivity index (χ1) is 10.8. The quantitative estimate of drug-likeness (QED) is 0.582. The van der Waals surface area contributed by atoms with E-state index in [0.717, 1.165) is 24.1 Å². The Hall–Kier alpha value is -1.05. The van der Waals surface area contributed by atoms with Gasteiger partial charge in [0, 0.05) is 24.6 Å². The second-order valence-electron chi connectivity index (χ2n) is 7.38. The fourth-order valence-electron chi connectivity index (χ4n) is 3.12. The second kappa shape index (κ2) is 8.36. The maximum atomic E-state index is 14.3. The van der Waals surface area contributed by atoms with Gasteiger partial charge in [0.2, 0.25) is 0 Å². The third-order valence-electron chi connectivity index (χ3n) is 4.53. The molecule has 0 saturated heterocycles. The van der Waals surface area contributed by atoms with Gasteiger partial charge >= 0.3 is 0 Å². The Morgan fingerprint density at radius 1 is 1.21 bits per heavy atom. The average Bonchev–Trinajstić information content (AvgIpc) is 2.90. The molecule has 0 fully saturated rings. The van der Waals surface area contributed by atoms with Crippen LogP contribution in [0.3, 0.4) is 0 Å². The van der Waals surface area contributed by atoms with Gasteiger partial charge in [-0.05, 0) is 12.0 Å². The van der Waals surface area contributed by atoms with Crippen LogP contribution >= 0.6 is 19.5 Å². The SMILES string of the molecule is CCCC(c1cn(C)cn1)P(=O)(Cc1ccccc1)C(C)(C)C.Cl. The average molecular weight is 369 g/mol. The summed E-state index contributed by atoms with van der Waals surface area (Å²) in [5.74, 6) is 0. The van der Waals surface area contributed by atoms with Crippen molar-refractivity contribution in [1.29, 1.82) is 0 Å². The zero-order valence-electron chi connectivity index (χ0n) is 15.4. The molecule has 0 N–H and O–H groups in total. The monoisotopic (exact) mass is 368 g/mol. The highest BCUT2D eigenvalue weighted by Gasteiger charge is 2.44. The van der Waals surface area contributed by atoms with E-state index in [-0.39, 0.29) is 23.2 Å². The molecule has 0 amide bonds. The first kappa shape index (κ1) is 21.0. The number of hydrogen-bond donors (Lipinski definition) is 0. The Labute approximate surface area is 152 Å². The van der Waals surface area contributed by atoms with Crippen LogP contribution in [0.1, 0.15) is 57.5 Å². The van der Waals surface area contributed by atoms with Crippen molar-refractivity contribution in [2.45, 2.75) is 57.5 Å². The van der Waals surface area contributed by atoms with Crippen molar-refractivity contribution in [1.82, 2.24) is 9.55 Å². The minimum Gasteiger partial charge on any atom is -0.340 e. The lowest BCUT2D eigenvalue weighted by Gasteiger charge is -2.37. The van der Waals surface area contributed by atoms with Gasteiger partial charge in [-0.2, -0.15) is 0 Å². The van der Waals surface area contributed by atoms with E-state index in [1.165, 1.54) is 0 Å². The predicted molar refractivity (Wildman–Crippen MR) is 106 cm³/mol. The fraction of sp³-hybridized carbons (Fsp3) is 0.526. The molecular weight excluding hydrogens is 339 g/mol. The lowest BCUT2D eigenvalue weighted by molar-refractivity contribution is 0.526. The van der Waals surface area contributed by atoms with E-state index in [1.54, 1.807) is 0 Å². The van der Waals surface area contributed by atoms with Gasteiger partial charge in [-0.25, -0.2) is 4.98 Å². The van der Waals surface area contributed by atoms with Gasteiger partial charge in [0.05, 0.1) is 17.7 Å². The number of aromatic nitrogens is 2. The van der Waals surface area contributed by atoms with Crippen molar-refractivity contribution < 1.29 is 4.57 Å². The molecule has 24 heavy (non-hydrogen) atoms. The number of rotatable bonds is 6. The van der Waals surface area contributed by atoms with Crippen molar-refractivity contribution in [3.05, 3.63) is 54.1 Å². The number of halogens is 1. The van der Waals surface area contributed by atoms with E-state index >= 15 is 0 Å². The van der Waals surface area contributed by atoms with Crippen LogP contribution < -0.4 is 0 Å². The van der Waals surface area contributed by atoms with E-state index in [9.17, 15) is 4.57 Å². The van der Waals surface area contributed by atoms with E-state index < -0.39 is 7.14 Å². The van der Waals surface area contributed by atoms with Gasteiger partial charge in [-0.3, -0.25) is 0 Å². The number of nitrogens with zero attached hydrogens (tertiary/aromatic N) is 2. The van der Waals surface area contributed by atoms with E-state index in [2.05, 4.69) is 44.8 Å². The Kier molecular flexibility index (Phi) is 7.31. The summed E-state index contributed by atoms with van der Waals surface area (Å²) in [6, 6.07) is 10.2. The molecule has 0 saturated carbocycles. The van der Waals surface area contributed by atoms with Gasteiger partial charge in [0.1, 0.15) is 7.14 Å². The van der Waals surface area contributed by atoms with Crippen molar-refractivity contribution in [3.63, 3.8) is 0 Å². The zero-order valence-corrected chi connectivity index (χ0v) is 17.1. The molecule has 0 aliphatic carbocycles. The summed E-state index contributed by atoms with van der Waals surface area (Å²) >= 11 is 0. The summed E-state index contributed by atoms with van der Waals surface area (Å²) in [5.41, 5.74) is 2.15. The molecule has 0 bridgehead atoms. The molecule has 0 spiro atoms. The number of benzene rings is 1. The number of aryl methyl sites for hydroxylation is 1. The van der Waals surface area contributed by atoms with Crippen molar-refractivity contribution in [3.8, 4) is 0 Å². The van der Waals surface area contributed by atoms with Crippen LogP contribution in [0, 0.1) is 0 Å². The fourth-order valence-corrected chi connectivity index (χ4v) is 6.74. The van der Waals surface area contributed by atoms with Crippen LogP contribution in [0.5, 0.6) is 0 Å². The molecule has 1 heterocycles. The summed E-state index contributed by atoms with van der Waals surface area (Å²) in [6.45, 7) is 8.50. The minimum atomic E-state index is -2.54. The molecule has 2 unspecified atom stereocenters. The van der Waals surface area contributed by atoms with Crippen LogP contribution in [0.2, 0.25) is 0 Å². The molecule has 2 rings (SSSR count). The summed E-state index contributed by atoms with van der Waals surface area (Å²) in [4.78, 5) is 4.55. The molecule has 5 heteroatoms. The third-order valence-corrected chi connectivity index (χ3v) is 9.16. The Balaban J connectivity index is 0.00000288. The van der Waals surface area contributed by atoms with Gasteiger partial charge in [0.25, 0.3) is 0 Å². The second-order valence-corrected chi connectivity index (χ2v) is 11.3. The smallest absolute Gasteiger partial charge is 0.106 e. The highest BCUT2D eigenvalue weighted by atomic mass is 35.5. The maximum Gasteiger partial charge on any atom is 0.106 e. The molecule has 0 aliphatic rings. The van der Waals surface area contributed by atoms with Gasteiger partial charge in [0.15, 0.2) is 0 Å². The van der Waals surface area contributed by atoms with Crippen LogP contribution in [-0.2, 0) is 17.8 Å². The first-order valence-electron chi connectivity index (χ1n) is 8.38. The first-order valence-corrected chi connectivity index (χ1v) is 10.3. The van der Waals surface area contributed by atoms with Crippen LogP contribution in [0.4, 0.5) is 0 Å². The molecule has 134 valence electrons. The van der Waals surface area contributed by atoms with Crippen molar-refractivity contribution >= 4 is 19.5 Å². The number of hydrogen-bond acceptors (Lipinski definition) is 2.